The first-order chi connectivity index (χ1) is 6.90. The Kier molecular flexibility index (Phi) is 2.40. The maximum atomic E-state index is 10.3. The van der Waals surface area contributed by atoms with Gasteiger partial charge in [0.15, 0.2) is 0 Å². The summed E-state index contributed by atoms with van der Waals surface area (Å²) in [6.45, 7) is 0. The van der Waals surface area contributed by atoms with Gasteiger partial charge in [-0.2, -0.15) is 0 Å². The van der Waals surface area contributed by atoms with E-state index in [0.717, 1.165) is 17.4 Å². The number of aldehydes is 1. The van der Waals surface area contributed by atoms with Crippen molar-refractivity contribution >= 4 is 6.29 Å². The van der Waals surface area contributed by atoms with E-state index in [2.05, 4.69) is 4.98 Å². The Morgan fingerprint density at radius 2 is 2.07 bits per heavy atom. The van der Waals surface area contributed by atoms with Crippen LogP contribution in [0.5, 0.6) is 0 Å². The SMILES string of the molecule is O=CCc1ccc(-c2ncco2)cc1. The molecule has 3 nitrogen and oxygen atoms in total. The molecule has 70 valence electrons. The number of nitrogens with zero attached hydrogens (tertiary/aromatic N) is 1. The van der Waals surface area contributed by atoms with Gasteiger partial charge in [-0.1, -0.05) is 12.1 Å². The van der Waals surface area contributed by atoms with Crippen molar-refractivity contribution in [2.45, 2.75) is 6.42 Å². The van der Waals surface area contributed by atoms with Gasteiger partial charge in [0.25, 0.3) is 0 Å². The molecule has 0 saturated carbocycles. The number of rotatable bonds is 3. The molecule has 1 aromatic heterocycles. The molecule has 2 aromatic rings. The molecular formula is C11H9NO2. The maximum absolute atomic E-state index is 10.3. The van der Waals surface area contributed by atoms with Gasteiger partial charge in [0, 0.05) is 12.0 Å². The Hall–Kier alpha value is -1.90. The summed E-state index contributed by atoms with van der Waals surface area (Å²) in [5.41, 5.74) is 1.92. The highest BCUT2D eigenvalue weighted by molar-refractivity contribution is 5.58. The largest absolute Gasteiger partial charge is 0.445 e. The molecule has 1 aromatic carbocycles. The van der Waals surface area contributed by atoms with Crippen LogP contribution in [0.3, 0.4) is 0 Å². The highest BCUT2D eigenvalue weighted by atomic mass is 16.3. The summed E-state index contributed by atoms with van der Waals surface area (Å²) < 4.78 is 5.14. The molecule has 0 bridgehead atoms. The highest BCUT2D eigenvalue weighted by Gasteiger charge is 2.00. The Labute approximate surface area is 81.4 Å². The van der Waals surface area contributed by atoms with E-state index >= 15 is 0 Å². The fraction of sp³-hybridized carbons (Fsp3) is 0.0909. The average Bonchev–Trinajstić information content (AvgIpc) is 2.72. The molecule has 14 heavy (non-hydrogen) atoms. The molecule has 2 rings (SSSR count). The van der Waals surface area contributed by atoms with Crippen molar-refractivity contribution in [3.05, 3.63) is 42.3 Å². The molecule has 0 amide bonds. The summed E-state index contributed by atoms with van der Waals surface area (Å²) in [7, 11) is 0. The third-order valence-electron chi connectivity index (χ3n) is 1.95. The summed E-state index contributed by atoms with van der Waals surface area (Å²) >= 11 is 0. The molecule has 1 heterocycles. The van der Waals surface area contributed by atoms with Crippen LogP contribution >= 0.6 is 0 Å². The normalized spacial score (nSPS) is 10.0. The Morgan fingerprint density at radius 3 is 2.64 bits per heavy atom. The zero-order valence-electron chi connectivity index (χ0n) is 7.51. The van der Waals surface area contributed by atoms with Gasteiger partial charge < -0.3 is 9.21 Å². The minimum Gasteiger partial charge on any atom is -0.445 e. The van der Waals surface area contributed by atoms with Gasteiger partial charge in [-0.3, -0.25) is 0 Å². The van der Waals surface area contributed by atoms with Crippen LogP contribution in [0.2, 0.25) is 0 Å². The predicted molar refractivity (Wildman–Crippen MR) is 51.7 cm³/mol. The number of hydrogen-bond acceptors (Lipinski definition) is 3. The molecule has 0 aliphatic heterocycles. The van der Waals surface area contributed by atoms with Gasteiger partial charge in [0.2, 0.25) is 5.89 Å². The van der Waals surface area contributed by atoms with Crippen LogP contribution < -0.4 is 0 Å². The van der Waals surface area contributed by atoms with Crippen molar-refractivity contribution in [3.63, 3.8) is 0 Å². The number of benzene rings is 1. The lowest BCUT2D eigenvalue weighted by Gasteiger charge is -1.97. The van der Waals surface area contributed by atoms with Crippen LogP contribution in [0.25, 0.3) is 11.5 Å². The monoisotopic (exact) mass is 187 g/mol. The number of carbonyl (C=O) groups is 1. The fourth-order valence-electron chi connectivity index (χ4n) is 1.25. The van der Waals surface area contributed by atoms with Gasteiger partial charge in [0.05, 0.1) is 6.20 Å². The van der Waals surface area contributed by atoms with Crippen molar-refractivity contribution in [1.29, 1.82) is 0 Å². The van der Waals surface area contributed by atoms with E-state index in [0.29, 0.717) is 12.3 Å². The van der Waals surface area contributed by atoms with Crippen LogP contribution in [-0.4, -0.2) is 11.3 Å². The third kappa shape index (κ3) is 1.71. The van der Waals surface area contributed by atoms with Crippen molar-refractivity contribution in [2.24, 2.45) is 0 Å². The topological polar surface area (TPSA) is 43.1 Å². The van der Waals surface area contributed by atoms with Crippen LogP contribution in [0.1, 0.15) is 5.56 Å². The summed E-state index contributed by atoms with van der Waals surface area (Å²) in [6, 6.07) is 7.58. The lowest BCUT2D eigenvalue weighted by Crippen LogP contribution is -1.85. The van der Waals surface area contributed by atoms with Crippen LogP contribution in [-0.2, 0) is 11.2 Å². The van der Waals surface area contributed by atoms with Gasteiger partial charge in [-0.25, -0.2) is 4.98 Å². The molecular weight excluding hydrogens is 178 g/mol. The predicted octanol–water partition coefficient (Wildman–Crippen LogP) is 2.08. The Balaban J connectivity index is 2.26. The van der Waals surface area contributed by atoms with Crippen molar-refractivity contribution < 1.29 is 9.21 Å². The van der Waals surface area contributed by atoms with E-state index in [1.54, 1.807) is 6.20 Å². The zero-order valence-corrected chi connectivity index (χ0v) is 7.51. The van der Waals surface area contributed by atoms with Gasteiger partial charge in [0.1, 0.15) is 12.5 Å². The highest BCUT2D eigenvalue weighted by Crippen LogP contribution is 2.17. The van der Waals surface area contributed by atoms with Crippen LogP contribution in [0.15, 0.2) is 41.1 Å². The molecule has 0 N–H and O–H groups in total. The first-order valence-electron chi connectivity index (χ1n) is 4.32. The summed E-state index contributed by atoms with van der Waals surface area (Å²) in [5.74, 6) is 0.600. The van der Waals surface area contributed by atoms with E-state index in [4.69, 9.17) is 4.42 Å². The van der Waals surface area contributed by atoms with E-state index in [1.165, 1.54) is 6.26 Å². The van der Waals surface area contributed by atoms with Gasteiger partial charge in [-0.05, 0) is 17.7 Å². The minimum atomic E-state index is 0.450. The smallest absolute Gasteiger partial charge is 0.225 e. The zero-order chi connectivity index (χ0) is 9.80. The molecule has 0 atom stereocenters. The Bertz CT molecular complexity index is 403. The van der Waals surface area contributed by atoms with E-state index < -0.39 is 0 Å². The lowest BCUT2D eigenvalue weighted by atomic mass is 10.1. The second-order valence-corrected chi connectivity index (χ2v) is 2.90. The molecule has 0 radical (unpaired) electrons. The molecule has 0 spiro atoms. The van der Waals surface area contributed by atoms with Crippen molar-refractivity contribution in [1.82, 2.24) is 4.98 Å². The standard InChI is InChI=1S/C11H9NO2/c13-7-5-9-1-3-10(4-2-9)11-12-6-8-14-11/h1-4,6-8H,5H2. The third-order valence-corrected chi connectivity index (χ3v) is 1.95. The average molecular weight is 187 g/mol. The second kappa shape index (κ2) is 3.87. The molecule has 0 saturated heterocycles. The lowest BCUT2D eigenvalue weighted by molar-refractivity contribution is -0.107. The molecule has 0 unspecified atom stereocenters. The van der Waals surface area contributed by atoms with E-state index in [-0.39, 0.29) is 0 Å². The molecule has 0 fully saturated rings. The van der Waals surface area contributed by atoms with Crippen molar-refractivity contribution in [3.8, 4) is 11.5 Å². The van der Waals surface area contributed by atoms with E-state index in [9.17, 15) is 4.79 Å². The summed E-state index contributed by atoms with van der Waals surface area (Å²) in [6.07, 6.45) is 4.48. The number of hydrogen-bond donors (Lipinski definition) is 0. The van der Waals surface area contributed by atoms with Crippen molar-refractivity contribution in [2.75, 3.05) is 0 Å². The first kappa shape index (κ1) is 8.69. The van der Waals surface area contributed by atoms with Crippen LogP contribution in [0, 0.1) is 0 Å². The Morgan fingerprint density at radius 1 is 1.29 bits per heavy atom. The maximum Gasteiger partial charge on any atom is 0.225 e. The summed E-state index contributed by atoms with van der Waals surface area (Å²) in [5, 5.41) is 0. The molecule has 0 aliphatic rings. The number of aromatic nitrogens is 1. The fourth-order valence-corrected chi connectivity index (χ4v) is 1.25. The van der Waals surface area contributed by atoms with E-state index in [1.807, 2.05) is 24.3 Å². The first-order valence-corrected chi connectivity index (χ1v) is 4.32. The van der Waals surface area contributed by atoms with Gasteiger partial charge in [-0.15, -0.1) is 0 Å². The number of carbonyl (C=O) groups excluding carboxylic acids is 1. The molecule has 0 aliphatic carbocycles. The van der Waals surface area contributed by atoms with Gasteiger partial charge >= 0.3 is 0 Å². The second-order valence-electron chi connectivity index (χ2n) is 2.90. The molecule has 3 heteroatoms. The van der Waals surface area contributed by atoms with Crippen LogP contribution in [0.4, 0.5) is 0 Å². The summed E-state index contributed by atoms with van der Waals surface area (Å²) in [4.78, 5) is 14.3. The number of oxazole rings is 1. The minimum absolute atomic E-state index is 0.450. The quantitative estimate of drug-likeness (QED) is 0.691.